The van der Waals surface area contributed by atoms with Gasteiger partial charge in [0, 0.05) is 12.4 Å². The number of benzene rings is 1. The van der Waals surface area contributed by atoms with Crippen molar-refractivity contribution < 1.29 is 0 Å². The topological polar surface area (TPSA) is 63.8 Å². The number of nitrogens with zero attached hydrogens (tertiary/aromatic N) is 2. The van der Waals surface area contributed by atoms with Crippen molar-refractivity contribution in [3.05, 3.63) is 48.3 Å². The van der Waals surface area contributed by atoms with Crippen LogP contribution in [0, 0.1) is 0 Å². The summed E-state index contributed by atoms with van der Waals surface area (Å²) >= 11 is 0. The van der Waals surface area contributed by atoms with E-state index < -0.39 is 0 Å². The van der Waals surface area contributed by atoms with Crippen LogP contribution in [-0.4, -0.2) is 9.97 Å². The minimum absolute atomic E-state index is 0.204. The predicted octanol–water partition coefficient (Wildman–Crippen LogP) is 2.62. The Hall–Kier alpha value is -2.10. The van der Waals surface area contributed by atoms with Gasteiger partial charge in [-0.2, -0.15) is 0 Å². The van der Waals surface area contributed by atoms with Crippen LogP contribution in [0.5, 0.6) is 0 Å². The largest absolute Gasteiger partial charge is 0.381 e. The van der Waals surface area contributed by atoms with Crippen molar-refractivity contribution in [2.24, 2.45) is 0 Å². The first-order valence-electron chi connectivity index (χ1n) is 5.69. The Morgan fingerprint density at radius 2 is 1.88 bits per heavy atom. The smallest absolute Gasteiger partial charge is 0.169 e. The summed E-state index contributed by atoms with van der Waals surface area (Å²) in [5, 5.41) is 3.31. The molecule has 2 rings (SSSR count). The zero-order valence-corrected chi connectivity index (χ0v) is 9.80. The van der Waals surface area contributed by atoms with Crippen molar-refractivity contribution in [1.82, 2.24) is 9.97 Å². The lowest BCUT2D eigenvalue weighted by Gasteiger charge is -2.18. The standard InChI is InChI=1S/C13H16N4/c1-2-11(10-6-4-3-5-7-10)17-13-12(14)15-8-9-16-13/h3-9,11H,2H2,1H3,(H2,14,15)(H,16,17). The molecule has 0 bridgehead atoms. The molecule has 0 spiro atoms. The van der Waals surface area contributed by atoms with Crippen molar-refractivity contribution in [1.29, 1.82) is 0 Å². The second-order valence-corrected chi connectivity index (χ2v) is 3.81. The maximum Gasteiger partial charge on any atom is 0.169 e. The van der Waals surface area contributed by atoms with Crippen LogP contribution in [0.15, 0.2) is 42.7 Å². The third-order valence-corrected chi connectivity index (χ3v) is 2.65. The van der Waals surface area contributed by atoms with E-state index in [-0.39, 0.29) is 6.04 Å². The van der Waals surface area contributed by atoms with Gasteiger partial charge in [0.15, 0.2) is 11.6 Å². The van der Waals surface area contributed by atoms with Crippen LogP contribution in [0.25, 0.3) is 0 Å². The molecule has 4 nitrogen and oxygen atoms in total. The number of rotatable bonds is 4. The fraction of sp³-hybridized carbons (Fsp3) is 0.231. The molecule has 0 saturated heterocycles. The number of nitrogens with one attached hydrogen (secondary N) is 1. The number of hydrogen-bond acceptors (Lipinski definition) is 4. The lowest BCUT2D eigenvalue weighted by atomic mass is 10.0. The van der Waals surface area contributed by atoms with E-state index in [1.54, 1.807) is 12.4 Å². The molecule has 2 aromatic rings. The SMILES string of the molecule is CCC(Nc1nccnc1N)c1ccccc1. The Kier molecular flexibility index (Phi) is 3.55. The van der Waals surface area contributed by atoms with Gasteiger partial charge in [0.2, 0.25) is 0 Å². The first-order valence-corrected chi connectivity index (χ1v) is 5.69. The van der Waals surface area contributed by atoms with E-state index in [0.29, 0.717) is 11.6 Å². The van der Waals surface area contributed by atoms with Gasteiger partial charge < -0.3 is 11.1 Å². The van der Waals surface area contributed by atoms with Crippen LogP contribution in [0.4, 0.5) is 11.6 Å². The highest BCUT2D eigenvalue weighted by atomic mass is 15.1. The summed E-state index contributed by atoms with van der Waals surface area (Å²) in [5.41, 5.74) is 6.99. The molecule has 1 aromatic carbocycles. The van der Waals surface area contributed by atoms with Gasteiger partial charge >= 0.3 is 0 Å². The number of aromatic nitrogens is 2. The van der Waals surface area contributed by atoms with E-state index in [1.165, 1.54) is 5.56 Å². The molecule has 4 heteroatoms. The number of nitrogen functional groups attached to an aromatic ring is 1. The van der Waals surface area contributed by atoms with Gasteiger partial charge in [-0.05, 0) is 12.0 Å². The molecule has 0 aliphatic carbocycles. The van der Waals surface area contributed by atoms with Gasteiger partial charge in [0.25, 0.3) is 0 Å². The summed E-state index contributed by atoms with van der Waals surface area (Å²) in [7, 11) is 0. The van der Waals surface area contributed by atoms with Crippen molar-refractivity contribution in [3.63, 3.8) is 0 Å². The monoisotopic (exact) mass is 228 g/mol. The van der Waals surface area contributed by atoms with Gasteiger partial charge in [-0.3, -0.25) is 0 Å². The molecule has 0 aliphatic rings. The van der Waals surface area contributed by atoms with Gasteiger partial charge in [-0.25, -0.2) is 9.97 Å². The normalized spacial score (nSPS) is 12.1. The summed E-state index contributed by atoms with van der Waals surface area (Å²) < 4.78 is 0. The van der Waals surface area contributed by atoms with E-state index in [2.05, 4.69) is 34.3 Å². The minimum atomic E-state index is 0.204. The second kappa shape index (κ2) is 5.30. The molecule has 0 saturated carbocycles. The fourth-order valence-electron chi connectivity index (χ4n) is 1.73. The summed E-state index contributed by atoms with van der Waals surface area (Å²) in [5.74, 6) is 1.07. The average molecular weight is 228 g/mol. The first-order chi connectivity index (χ1) is 8.31. The van der Waals surface area contributed by atoms with E-state index in [9.17, 15) is 0 Å². The fourth-order valence-corrected chi connectivity index (χ4v) is 1.73. The Morgan fingerprint density at radius 3 is 2.53 bits per heavy atom. The molecule has 3 N–H and O–H groups in total. The third-order valence-electron chi connectivity index (χ3n) is 2.65. The Balaban J connectivity index is 2.19. The van der Waals surface area contributed by atoms with Gasteiger partial charge in [0.1, 0.15) is 0 Å². The molecule has 17 heavy (non-hydrogen) atoms. The first kappa shape index (κ1) is 11.4. The molecule has 0 aliphatic heterocycles. The summed E-state index contributed by atoms with van der Waals surface area (Å²) in [6.45, 7) is 2.12. The van der Waals surface area contributed by atoms with Crippen LogP contribution in [0.3, 0.4) is 0 Å². The highest BCUT2D eigenvalue weighted by Gasteiger charge is 2.10. The molecular weight excluding hydrogens is 212 g/mol. The highest BCUT2D eigenvalue weighted by Crippen LogP contribution is 2.22. The van der Waals surface area contributed by atoms with E-state index in [0.717, 1.165) is 6.42 Å². The summed E-state index contributed by atoms with van der Waals surface area (Å²) in [6.07, 6.45) is 4.18. The van der Waals surface area contributed by atoms with Crippen LogP contribution in [0.1, 0.15) is 24.9 Å². The van der Waals surface area contributed by atoms with Crippen molar-refractivity contribution >= 4 is 11.6 Å². The number of anilines is 2. The maximum absolute atomic E-state index is 5.77. The van der Waals surface area contributed by atoms with Crippen LogP contribution in [-0.2, 0) is 0 Å². The molecule has 1 heterocycles. The van der Waals surface area contributed by atoms with E-state index >= 15 is 0 Å². The molecule has 88 valence electrons. The third kappa shape index (κ3) is 2.72. The van der Waals surface area contributed by atoms with E-state index in [4.69, 9.17) is 5.73 Å². The van der Waals surface area contributed by atoms with Crippen molar-refractivity contribution in [3.8, 4) is 0 Å². The number of hydrogen-bond donors (Lipinski definition) is 2. The molecule has 1 atom stereocenters. The zero-order valence-electron chi connectivity index (χ0n) is 9.80. The average Bonchev–Trinajstić information content (AvgIpc) is 2.39. The number of nitrogens with two attached hydrogens (primary N) is 1. The molecule has 0 amide bonds. The van der Waals surface area contributed by atoms with Crippen LogP contribution in [0.2, 0.25) is 0 Å². The second-order valence-electron chi connectivity index (χ2n) is 3.81. The maximum atomic E-state index is 5.77. The summed E-state index contributed by atoms with van der Waals surface area (Å²) in [4.78, 5) is 8.21. The van der Waals surface area contributed by atoms with Crippen LogP contribution >= 0.6 is 0 Å². The zero-order chi connectivity index (χ0) is 12.1. The molecule has 0 radical (unpaired) electrons. The van der Waals surface area contributed by atoms with Gasteiger partial charge in [-0.1, -0.05) is 37.3 Å². The Bertz CT molecular complexity index is 470. The van der Waals surface area contributed by atoms with E-state index in [1.807, 2.05) is 18.2 Å². The molecular formula is C13H16N4. The summed E-state index contributed by atoms with van der Waals surface area (Å²) in [6, 6.07) is 10.4. The highest BCUT2D eigenvalue weighted by molar-refractivity contribution is 5.56. The quantitative estimate of drug-likeness (QED) is 0.844. The predicted molar refractivity (Wildman–Crippen MR) is 69.5 cm³/mol. The van der Waals surface area contributed by atoms with Gasteiger partial charge in [0.05, 0.1) is 6.04 Å². The molecule has 1 unspecified atom stereocenters. The Labute approximate surface area is 101 Å². The van der Waals surface area contributed by atoms with Crippen LogP contribution < -0.4 is 11.1 Å². The lowest BCUT2D eigenvalue weighted by Crippen LogP contribution is -2.12. The minimum Gasteiger partial charge on any atom is -0.381 e. The Morgan fingerprint density at radius 1 is 1.18 bits per heavy atom. The lowest BCUT2D eigenvalue weighted by molar-refractivity contribution is 0.744. The molecule has 0 fully saturated rings. The van der Waals surface area contributed by atoms with Crippen molar-refractivity contribution in [2.45, 2.75) is 19.4 Å². The molecule has 1 aromatic heterocycles. The van der Waals surface area contributed by atoms with Crippen molar-refractivity contribution in [2.75, 3.05) is 11.1 Å². The van der Waals surface area contributed by atoms with Gasteiger partial charge in [-0.15, -0.1) is 0 Å².